The number of hydrogen-bond acceptors (Lipinski definition) is 2. The fourth-order valence-electron chi connectivity index (χ4n) is 1.93. The van der Waals surface area contributed by atoms with Gasteiger partial charge in [0.05, 0.1) is 16.5 Å². The van der Waals surface area contributed by atoms with Crippen molar-refractivity contribution in [3.63, 3.8) is 0 Å². The fourth-order valence-corrected chi connectivity index (χ4v) is 1.93. The Morgan fingerprint density at radius 3 is 2.63 bits per heavy atom. The van der Waals surface area contributed by atoms with Crippen molar-refractivity contribution in [3.8, 4) is 0 Å². The number of halogens is 3. The molecule has 96 valence electrons. The SMILES string of the molecule is O=c1c2ccc(C(F)(F)F)cc2nc2ccccn12. The molecular formula is C13H7F3N2O. The first-order chi connectivity index (χ1) is 8.97. The molecule has 0 radical (unpaired) electrons. The van der Waals surface area contributed by atoms with Gasteiger partial charge in [-0.25, -0.2) is 4.98 Å². The average molecular weight is 264 g/mol. The van der Waals surface area contributed by atoms with E-state index in [0.717, 1.165) is 18.2 Å². The van der Waals surface area contributed by atoms with Crippen LogP contribution in [0.4, 0.5) is 13.2 Å². The van der Waals surface area contributed by atoms with Crippen LogP contribution in [-0.4, -0.2) is 9.38 Å². The third-order valence-electron chi connectivity index (χ3n) is 2.85. The third-order valence-corrected chi connectivity index (χ3v) is 2.85. The summed E-state index contributed by atoms with van der Waals surface area (Å²) in [6.45, 7) is 0. The Morgan fingerprint density at radius 2 is 1.89 bits per heavy atom. The lowest BCUT2D eigenvalue weighted by Gasteiger charge is -2.08. The molecule has 0 saturated carbocycles. The Balaban J connectivity index is 2.42. The van der Waals surface area contributed by atoms with E-state index < -0.39 is 11.7 Å². The van der Waals surface area contributed by atoms with Crippen molar-refractivity contribution in [2.24, 2.45) is 0 Å². The Morgan fingerprint density at radius 1 is 1.11 bits per heavy atom. The van der Waals surface area contributed by atoms with Crippen LogP contribution in [0, 0.1) is 0 Å². The maximum Gasteiger partial charge on any atom is 0.416 e. The Bertz CT molecular complexity index is 837. The highest BCUT2D eigenvalue weighted by Crippen LogP contribution is 2.30. The summed E-state index contributed by atoms with van der Waals surface area (Å²) >= 11 is 0. The minimum absolute atomic E-state index is 0.0472. The summed E-state index contributed by atoms with van der Waals surface area (Å²) in [5, 5.41) is 0.164. The molecule has 2 aromatic heterocycles. The first kappa shape index (κ1) is 11.7. The van der Waals surface area contributed by atoms with Crippen molar-refractivity contribution in [2.45, 2.75) is 6.18 Å². The van der Waals surface area contributed by atoms with Gasteiger partial charge >= 0.3 is 6.18 Å². The largest absolute Gasteiger partial charge is 0.416 e. The number of nitrogens with zero attached hydrogens (tertiary/aromatic N) is 2. The van der Waals surface area contributed by atoms with Gasteiger partial charge in [0.2, 0.25) is 0 Å². The predicted molar refractivity (Wildman–Crippen MR) is 64.0 cm³/mol. The maximum absolute atomic E-state index is 12.6. The van der Waals surface area contributed by atoms with E-state index in [2.05, 4.69) is 4.98 Å². The van der Waals surface area contributed by atoms with E-state index in [-0.39, 0.29) is 16.5 Å². The summed E-state index contributed by atoms with van der Waals surface area (Å²) in [5.41, 5.74) is -0.827. The lowest BCUT2D eigenvalue weighted by molar-refractivity contribution is -0.137. The van der Waals surface area contributed by atoms with Gasteiger partial charge in [0.25, 0.3) is 5.56 Å². The second-order valence-corrected chi connectivity index (χ2v) is 4.08. The number of rotatable bonds is 0. The highest BCUT2D eigenvalue weighted by atomic mass is 19.4. The van der Waals surface area contributed by atoms with Crippen molar-refractivity contribution in [1.29, 1.82) is 0 Å². The summed E-state index contributed by atoms with van der Waals surface area (Å²) in [7, 11) is 0. The van der Waals surface area contributed by atoms with E-state index in [4.69, 9.17) is 0 Å². The number of aromatic nitrogens is 2. The number of alkyl halides is 3. The summed E-state index contributed by atoms with van der Waals surface area (Å²) in [6.07, 6.45) is -2.92. The van der Waals surface area contributed by atoms with Crippen molar-refractivity contribution in [1.82, 2.24) is 9.38 Å². The highest BCUT2D eigenvalue weighted by molar-refractivity contribution is 5.80. The predicted octanol–water partition coefficient (Wildman–Crippen LogP) is 2.87. The minimum atomic E-state index is -4.45. The Kier molecular flexibility index (Phi) is 2.35. The van der Waals surface area contributed by atoms with Crippen LogP contribution in [0.2, 0.25) is 0 Å². The molecule has 1 aromatic carbocycles. The molecule has 3 aromatic rings. The summed E-state index contributed by atoms with van der Waals surface area (Å²) in [5.74, 6) is 0. The number of pyridine rings is 1. The van der Waals surface area contributed by atoms with Gasteiger partial charge in [0.1, 0.15) is 5.65 Å². The minimum Gasteiger partial charge on any atom is -0.268 e. The molecule has 0 saturated heterocycles. The van der Waals surface area contributed by atoms with Crippen molar-refractivity contribution >= 4 is 16.6 Å². The monoisotopic (exact) mass is 264 g/mol. The van der Waals surface area contributed by atoms with Crippen molar-refractivity contribution < 1.29 is 13.2 Å². The molecule has 0 N–H and O–H groups in total. The van der Waals surface area contributed by atoms with E-state index in [0.29, 0.717) is 5.65 Å². The van der Waals surface area contributed by atoms with E-state index in [1.54, 1.807) is 18.2 Å². The molecule has 0 unspecified atom stereocenters. The maximum atomic E-state index is 12.6. The molecule has 0 amide bonds. The normalized spacial score (nSPS) is 12.2. The van der Waals surface area contributed by atoms with Crippen molar-refractivity contribution in [3.05, 3.63) is 58.5 Å². The van der Waals surface area contributed by atoms with Gasteiger partial charge in [0, 0.05) is 6.20 Å². The standard InChI is InChI=1S/C13H7F3N2O/c14-13(15,16)8-4-5-9-10(7-8)17-11-3-1-2-6-18(11)12(9)19/h1-7H. The van der Waals surface area contributed by atoms with Gasteiger partial charge in [-0.15, -0.1) is 0 Å². The average Bonchev–Trinajstić information content (AvgIpc) is 2.37. The molecule has 0 bridgehead atoms. The lowest BCUT2D eigenvalue weighted by Crippen LogP contribution is -2.15. The van der Waals surface area contributed by atoms with E-state index in [1.165, 1.54) is 10.6 Å². The molecule has 0 fully saturated rings. The molecule has 6 heteroatoms. The summed E-state index contributed by atoms with van der Waals surface area (Å²) in [6, 6.07) is 7.84. The van der Waals surface area contributed by atoms with Gasteiger partial charge < -0.3 is 0 Å². The molecule has 0 aliphatic rings. The zero-order valence-corrected chi connectivity index (χ0v) is 9.48. The molecular weight excluding hydrogens is 257 g/mol. The molecule has 19 heavy (non-hydrogen) atoms. The zero-order valence-electron chi connectivity index (χ0n) is 9.48. The Hall–Kier alpha value is -2.37. The molecule has 3 nitrogen and oxygen atoms in total. The number of fused-ring (bicyclic) bond motifs is 2. The number of benzene rings is 1. The van der Waals surface area contributed by atoms with Crippen LogP contribution in [0.1, 0.15) is 5.56 Å². The van der Waals surface area contributed by atoms with E-state index in [9.17, 15) is 18.0 Å². The molecule has 2 heterocycles. The van der Waals surface area contributed by atoms with E-state index in [1.807, 2.05) is 0 Å². The van der Waals surface area contributed by atoms with Crippen LogP contribution in [0.3, 0.4) is 0 Å². The van der Waals surface area contributed by atoms with Crippen LogP contribution < -0.4 is 5.56 Å². The summed E-state index contributed by atoms with van der Waals surface area (Å²) < 4.78 is 39.2. The third kappa shape index (κ3) is 1.85. The molecule has 0 aliphatic carbocycles. The lowest BCUT2D eigenvalue weighted by atomic mass is 10.1. The van der Waals surface area contributed by atoms with Gasteiger partial charge in [-0.1, -0.05) is 6.07 Å². The van der Waals surface area contributed by atoms with Gasteiger partial charge in [-0.05, 0) is 30.3 Å². The molecule has 0 spiro atoms. The number of hydrogen-bond donors (Lipinski definition) is 0. The van der Waals surface area contributed by atoms with Crippen LogP contribution in [0.5, 0.6) is 0 Å². The first-order valence-corrected chi connectivity index (χ1v) is 5.45. The smallest absolute Gasteiger partial charge is 0.268 e. The summed E-state index contributed by atoms with van der Waals surface area (Å²) in [4.78, 5) is 16.2. The van der Waals surface area contributed by atoms with Crippen LogP contribution in [0.15, 0.2) is 47.4 Å². The first-order valence-electron chi connectivity index (χ1n) is 5.45. The Labute approximate surface area is 104 Å². The second-order valence-electron chi connectivity index (χ2n) is 4.08. The quantitative estimate of drug-likeness (QED) is 0.585. The zero-order chi connectivity index (χ0) is 13.6. The van der Waals surface area contributed by atoms with Crippen LogP contribution in [-0.2, 0) is 6.18 Å². The fraction of sp³-hybridized carbons (Fsp3) is 0.0769. The molecule has 0 atom stereocenters. The molecule has 0 aliphatic heterocycles. The highest BCUT2D eigenvalue weighted by Gasteiger charge is 2.30. The van der Waals surface area contributed by atoms with Gasteiger partial charge in [-0.3, -0.25) is 9.20 Å². The topological polar surface area (TPSA) is 34.4 Å². The van der Waals surface area contributed by atoms with Crippen LogP contribution >= 0.6 is 0 Å². The second kappa shape index (κ2) is 3.81. The van der Waals surface area contributed by atoms with Crippen LogP contribution in [0.25, 0.3) is 16.6 Å². The van der Waals surface area contributed by atoms with Gasteiger partial charge in [0.15, 0.2) is 0 Å². The van der Waals surface area contributed by atoms with Gasteiger partial charge in [-0.2, -0.15) is 13.2 Å². The van der Waals surface area contributed by atoms with E-state index >= 15 is 0 Å². The van der Waals surface area contributed by atoms with Crippen molar-refractivity contribution in [2.75, 3.05) is 0 Å². The molecule has 3 rings (SSSR count).